The summed E-state index contributed by atoms with van der Waals surface area (Å²) in [6.07, 6.45) is 0. The maximum atomic E-state index is 12.2. The van der Waals surface area contributed by atoms with Gasteiger partial charge in [-0.25, -0.2) is 9.78 Å². The number of halogens is 2. The maximum Gasteiger partial charge on any atom is 0.338 e. The van der Waals surface area contributed by atoms with Crippen LogP contribution in [0.15, 0.2) is 48.5 Å². The molecule has 3 aromatic rings. The van der Waals surface area contributed by atoms with Gasteiger partial charge in [0.2, 0.25) is 0 Å². The van der Waals surface area contributed by atoms with E-state index < -0.39 is 11.9 Å². The van der Waals surface area contributed by atoms with Gasteiger partial charge in [0.15, 0.2) is 6.61 Å². The van der Waals surface area contributed by atoms with E-state index in [4.69, 9.17) is 16.3 Å². The second-order valence-corrected chi connectivity index (χ2v) is 7.26. The first-order chi connectivity index (χ1) is 12.4. The van der Waals surface area contributed by atoms with Gasteiger partial charge in [-0.1, -0.05) is 11.6 Å². The van der Waals surface area contributed by atoms with E-state index in [-0.39, 0.29) is 6.61 Å². The molecule has 132 valence electrons. The van der Waals surface area contributed by atoms with Crippen molar-refractivity contribution in [3.05, 3.63) is 68.4 Å². The Labute approximate surface area is 168 Å². The summed E-state index contributed by atoms with van der Waals surface area (Å²) in [7, 11) is 0. The zero-order valence-electron chi connectivity index (χ0n) is 13.8. The van der Waals surface area contributed by atoms with Crippen molar-refractivity contribution in [2.45, 2.75) is 6.92 Å². The Morgan fingerprint density at radius 1 is 1.15 bits per heavy atom. The second kappa shape index (κ2) is 8.01. The lowest BCUT2D eigenvalue weighted by Crippen LogP contribution is -2.21. The first kappa shape index (κ1) is 18.6. The third-order valence-corrected chi connectivity index (χ3v) is 4.57. The molecule has 0 radical (unpaired) electrons. The number of hydrogen-bond acceptors (Lipinski definition) is 4. The van der Waals surface area contributed by atoms with Gasteiger partial charge in [-0.3, -0.25) is 4.79 Å². The van der Waals surface area contributed by atoms with Crippen molar-refractivity contribution >= 4 is 62.7 Å². The molecule has 1 N–H and O–H groups in total. The van der Waals surface area contributed by atoms with Gasteiger partial charge in [0.05, 0.1) is 11.1 Å². The van der Waals surface area contributed by atoms with Crippen LogP contribution in [0.4, 0.5) is 5.69 Å². The van der Waals surface area contributed by atoms with E-state index in [1.807, 2.05) is 25.1 Å². The number of benzene rings is 2. The van der Waals surface area contributed by atoms with Crippen molar-refractivity contribution in [1.29, 1.82) is 0 Å². The number of aromatic nitrogens is 1. The fourth-order valence-electron chi connectivity index (χ4n) is 2.40. The van der Waals surface area contributed by atoms with Gasteiger partial charge in [0.1, 0.15) is 5.15 Å². The minimum Gasteiger partial charge on any atom is -0.452 e. The summed E-state index contributed by atoms with van der Waals surface area (Å²) in [4.78, 5) is 28.4. The summed E-state index contributed by atoms with van der Waals surface area (Å²) in [6, 6.07) is 14.0. The highest BCUT2D eigenvalue weighted by Crippen LogP contribution is 2.19. The highest BCUT2D eigenvalue weighted by molar-refractivity contribution is 14.1. The van der Waals surface area contributed by atoms with E-state index in [0.717, 1.165) is 14.5 Å². The molecule has 0 fully saturated rings. The van der Waals surface area contributed by atoms with Crippen LogP contribution in [0.5, 0.6) is 0 Å². The fraction of sp³-hybridized carbons (Fsp3) is 0.105. The molecule has 0 spiro atoms. The molecule has 1 aromatic heterocycles. The fourth-order valence-corrected chi connectivity index (χ4v) is 3.20. The number of pyridine rings is 1. The predicted molar refractivity (Wildman–Crippen MR) is 110 cm³/mol. The molecular weight excluding hydrogens is 467 g/mol. The summed E-state index contributed by atoms with van der Waals surface area (Å²) < 4.78 is 6.18. The number of aryl methyl sites for hydroxylation is 1. The number of hydrogen-bond donors (Lipinski definition) is 1. The van der Waals surface area contributed by atoms with Gasteiger partial charge < -0.3 is 10.1 Å². The topological polar surface area (TPSA) is 68.3 Å². The van der Waals surface area contributed by atoms with Crippen molar-refractivity contribution in [2.75, 3.05) is 11.9 Å². The summed E-state index contributed by atoms with van der Waals surface area (Å²) in [5.74, 6) is -0.965. The number of fused-ring (bicyclic) bond motifs is 1. The van der Waals surface area contributed by atoms with Crippen LogP contribution in [0.2, 0.25) is 5.15 Å². The number of carbonyl (C=O) groups is 2. The normalized spacial score (nSPS) is 10.6. The molecule has 3 rings (SSSR count). The minimum absolute atomic E-state index is 0.347. The van der Waals surface area contributed by atoms with E-state index in [2.05, 4.69) is 32.9 Å². The van der Waals surface area contributed by atoms with Crippen molar-refractivity contribution in [3.8, 4) is 0 Å². The Morgan fingerprint density at radius 2 is 1.96 bits per heavy atom. The van der Waals surface area contributed by atoms with Gasteiger partial charge >= 0.3 is 5.97 Å². The number of rotatable bonds is 4. The lowest BCUT2D eigenvalue weighted by atomic mass is 10.1. The summed E-state index contributed by atoms with van der Waals surface area (Å²) in [5.41, 5.74) is 2.67. The zero-order valence-corrected chi connectivity index (χ0v) is 16.7. The van der Waals surface area contributed by atoms with Gasteiger partial charge in [-0.05, 0) is 83.6 Å². The second-order valence-electron chi connectivity index (χ2n) is 5.63. The first-order valence-corrected chi connectivity index (χ1v) is 9.17. The number of anilines is 1. The lowest BCUT2D eigenvalue weighted by Gasteiger charge is -2.09. The SMILES string of the molecule is Cc1cc(I)ccc1NC(=O)COC(=O)c1ccc2nc(Cl)ccc2c1. The summed E-state index contributed by atoms with van der Waals surface area (Å²) >= 11 is 8.05. The molecule has 0 unspecified atom stereocenters. The number of amides is 1. The average molecular weight is 481 g/mol. The van der Waals surface area contributed by atoms with Gasteiger partial charge in [0, 0.05) is 14.6 Å². The third-order valence-electron chi connectivity index (χ3n) is 3.69. The van der Waals surface area contributed by atoms with Crippen LogP contribution in [0, 0.1) is 10.5 Å². The molecule has 26 heavy (non-hydrogen) atoms. The molecule has 0 saturated heterocycles. The van der Waals surface area contributed by atoms with Crippen molar-refractivity contribution in [1.82, 2.24) is 4.98 Å². The van der Waals surface area contributed by atoms with Crippen LogP contribution < -0.4 is 5.32 Å². The van der Waals surface area contributed by atoms with Gasteiger partial charge in [-0.15, -0.1) is 0 Å². The predicted octanol–water partition coefficient (Wildman–Crippen LogP) is 4.60. The number of nitrogens with one attached hydrogen (secondary N) is 1. The van der Waals surface area contributed by atoms with E-state index in [1.54, 1.807) is 30.3 Å². The molecule has 0 saturated carbocycles. The highest BCUT2D eigenvalue weighted by Gasteiger charge is 2.12. The standard InChI is InChI=1S/C19H14ClIN2O3/c1-11-8-14(21)4-6-15(11)23-18(24)10-26-19(25)13-2-5-16-12(9-13)3-7-17(20)22-16/h2-9H,10H2,1H3,(H,23,24). The maximum absolute atomic E-state index is 12.2. The molecule has 5 nitrogen and oxygen atoms in total. The highest BCUT2D eigenvalue weighted by atomic mass is 127. The van der Waals surface area contributed by atoms with Crippen LogP contribution in [-0.2, 0) is 9.53 Å². The van der Waals surface area contributed by atoms with E-state index in [9.17, 15) is 9.59 Å². The molecule has 0 bridgehead atoms. The molecule has 7 heteroatoms. The third kappa shape index (κ3) is 4.50. The van der Waals surface area contributed by atoms with Crippen LogP contribution in [0.1, 0.15) is 15.9 Å². The average Bonchev–Trinajstić information content (AvgIpc) is 2.61. The van der Waals surface area contributed by atoms with E-state index >= 15 is 0 Å². The molecular formula is C19H14ClIN2O3. The molecule has 1 heterocycles. The Bertz CT molecular complexity index is 1010. The molecule has 0 aliphatic heterocycles. The lowest BCUT2D eigenvalue weighted by molar-refractivity contribution is -0.119. The molecule has 0 aliphatic carbocycles. The number of ether oxygens (including phenoxy) is 1. The van der Waals surface area contributed by atoms with Crippen molar-refractivity contribution in [2.24, 2.45) is 0 Å². The quantitative estimate of drug-likeness (QED) is 0.337. The van der Waals surface area contributed by atoms with Crippen LogP contribution in [-0.4, -0.2) is 23.5 Å². The zero-order chi connectivity index (χ0) is 18.7. The Balaban J connectivity index is 1.63. The molecule has 2 aromatic carbocycles. The number of nitrogens with zero attached hydrogens (tertiary/aromatic N) is 1. The largest absolute Gasteiger partial charge is 0.452 e. The van der Waals surface area contributed by atoms with E-state index in [0.29, 0.717) is 21.9 Å². The van der Waals surface area contributed by atoms with Crippen LogP contribution in [0.25, 0.3) is 10.9 Å². The molecule has 0 aliphatic rings. The van der Waals surface area contributed by atoms with Crippen molar-refractivity contribution in [3.63, 3.8) is 0 Å². The van der Waals surface area contributed by atoms with E-state index in [1.165, 1.54) is 0 Å². The molecule has 0 atom stereocenters. The molecule has 1 amide bonds. The monoisotopic (exact) mass is 480 g/mol. The Hall–Kier alpha value is -2.19. The summed E-state index contributed by atoms with van der Waals surface area (Å²) in [5, 5.41) is 3.89. The number of carbonyl (C=O) groups excluding carboxylic acids is 2. The minimum atomic E-state index is -0.573. The first-order valence-electron chi connectivity index (χ1n) is 7.72. The Morgan fingerprint density at radius 3 is 2.73 bits per heavy atom. The number of esters is 1. The Kier molecular flexibility index (Phi) is 5.73. The van der Waals surface area contributed by atoms with Gasteiger partial charge in [0.25, 0.3) is 5.91 Å². The van der Waals surface area contributed by atoms with Crippen LogP contribution in [0.3, 0.4) is 0 Å². The summed E-state index contributed by atoms with van der Waals surface area (Å²) in [6.45, 7) is 1.54. The smallest absolute Gasteiger partial charge is 0.338 e. The van der Waals surface area contributed by atoms with Crippen molar-refractivity contribution < 1.29 is 14.3 Å². The van der Waals surface area contributed by atoms with Gasteiger partial charge in [-0.2, -0.15) is 0 Å². The van der Waals surface area contributed by atoms with Crippen LogP contribution >= 0.6 is 34.2 Å².